The number of nitrogens with zero attached hydrogens (tertiary/aromatic N) is 1. The molecule has 3 heteroatoms. The average Bonchev–Trinajstić information content (AvgIpc) is 2.69. The first-order chi connectivity index (χ1) is 8.99. The van der Waals surface area contributed by atoms with Gasteiger partial charge in [0.05, 0.1) is 10.7 Å². The third kappa shape index (κ3) is 3.23. The van der Waals surface area contributed by atoms with Crippen LogP contribution in [0.2, 0.25) is 0 Å². The topological polar surface area (TPSA) is 24.9 Å². The van der Waals surface area contributed by atoms with Crippen LogP contribution in [0, 0.1) is 20.8 Å². The number of benzene rings is 1. The molecule has 1 heterocycles. The van der Waals surface area contributed by atoms with Crippen molar-refractivity contribution in [2.45, 2.75) is 46.7 Å². The summed E-state index contributed by atoms with van der Waals surface area (Å²) >= 11 is 1.79. The van der Waals surface area contributed by atoms with Gasteiger partial charge in [-0.15, -0.1) is 11.3 Å². The molecular weight excluding hydrogens is 252 g/mol. The number of aryl methyl sites for hydroxylation is 3. The quantitative estimate of drug-likeness (QED) is 0.889. The van der Waals surface area contributed by atoms with Crippen molar-refractivity contribution in [1.82, 2.24) is 10.3 Å². The maximum absolute atomic E-state index is 4.51. The highest BCUT2D eigenvalue weighted by Crippen LogP contribution is 2.27. The van der Waals surface area contributed by atoms with Crippen molar-refractivity contribution in [3.8, 4) is 0 Å². The van der Waals surface area contributed by atoms with Gasteiger partial charge < -0.3 is 5.32 Å². The molecule has 102 valence electrons. The summed E-state index contributed by atoms with van der Waals surface area (Å²) in [5, 5.41) is 4.82. The van der Waals surface area contributed by atoms with Gasteiger partial charge in [-0.3, -0.25) is 0 Å². The molecular formula is C16H22N2S. The fourth-order valence-electron chi connectivity index (χ4n) is 2.56. The first kappa shape index (κ1) is 14.2. The van der Waals surface area contributed by atoms with E-state index in [-0.39, 0.29) is 0 Å². The highest BCUT2D eigenvalue weighted by Gasteiger charge is 2.16. The van der Waals surface area contributed by atoms with Gasteiger partial charge in [0.1, 0.15) is 0 Å². The fraction of sp³-hybridized carbons (Fsp3) is 0.438. The average molecular weight is 274 g/mol. The Morgan fingerprint density at radius 3 is 2.32 bits per heavy atom. The molecule has 0 radical (unpaired) electrons. The summed E-state index contributed by atoms with van der Waals surface area (Å²) in [6.45, 7) is 10.8. The van der Waals surface area contributed by atoms with Gasteiger partial charge in [-0.1, -0.05) is 24.3 Å². The van der Waals surface area contributed by atoms with E-state index in [9.17, 15) is 0 Å². The van der Waals surface area contributed by atoms with E-state index in [1.165, 1.54) is 16.0 Å². The zero-order valence-corrected chi connectivity index (χ0v) is 13.1. The first-order valence-electron chi connectivity index (χ1n) is 6.74. The van der Waals surface area contributed by atoms with Crippen LogP contribution in [0.25, 0.3) is 0 Å². The van der Waals surface area contributed by atoms with E-state index in [1.54, 1.807) is 11.3 Å². The third-order valence-corrected chi connectivity index (χ3v) is 4.74. The summed E-state index contributed by atoms with van der Waals surface area (Å²) in [6.07, 6.45) is 0. The predicted octanol–water partition coefficient (Wildman–Crippen LogP) is 4.48. The largest absolute Gasteiger partial charge is 0.303 e. The van der Waals surface area contributed by atoms with Crippen LogP contribution >= 0.6 is 11.3 Å². The normalized spacial score (nSPS) is 14.4. The zero-order valence-electron chi connectivity index (χ0n) is 12.3. The van der Waals surface area contributed by atoms with Crippen molar-refractivity contribution >= 4 is 11.3 Å². The fourth-order valence-corrected chi connectivity index (χ4v) is 3.50. The van der Waals surface area contributed by atoms with Gasteiger partial charge in [0, 0.05) is 17.0 Å². The number of aromatic nitrogens is 1. The van der Waals surface area contributed by atoms with Crippen molar-refractivity contribution in [2.75, 3.05) is 0 Å². The Morgan fingerprint density at radius 1 is 1.05 bits per heavy atom. The molecule has 0 aliphatic rings. The minimum absolute atomic E-state index is 0.334. The van der Waals surface area contributed by atoms with Crippen LogP contribution in [0.1, 0.15) is 52.6 Å². The Balaban J connectivity index is 2.13. The first-order valence-corrected chi connectivity index (χ1v) is 7.56. The molecule has 0 fully saturated rings. The SMILES string of the molecule is Cc1nc(C)c(C(C)N[C@H](C)c2ccccc2C)s1. The monoisotopic (exact) mass is 274 g/mol. The lowest BCUT2D eigenvalue weighted by Gasteiger charge is -2.21. The van der Waals surface area contributed by atoms with Crippen molar-refractivity contribution in [3.63, 3.8) is 0 Å². The Bertz CT molecular complexity index is 560. The van der Waals surface area contributed by atoms with E-state index in [2.05, 4.69) is 69.2 Å². The number of nitrogens with one attached hydrogen (secondary N) is 1. The van der Waals surface area contributed by atoms with Crippen LogP contribution in [0.4, 0.5) is 0 Å². The Kier molecular flexibility index (Phi) is 4.38. The molecule has 2 rings (SSSR count). The molecule has 0 saturated carbocycles. The molecule has 2 nitrogen and oxygen atoms in total. The smallest absolute Gasteiger partial charge is 0.0900 e. The maximum atomic E-state index is 4.51. The van der Waals surface area contributed by atoms with E-state index in [1.807, 2.05) is 0 Å². The van der Waals surface area contributed by atoms with Gasteiger partial charge in [-0.25, -0.2) is 4.98 Å². The van der Waals surface area contributed by atoms with Crippen molar-refractivity contribution < 1.29 is 0 Å². The van der Waals surface area contributed by atoms with Crippen molar-refractivity contribution in [3.05, 3.63) is 51.0 Å². The molecule has 1 unspecified atom stereocenters. The Hall–Kier alpha value is -1.19. The van der Waals surface area contributed by atoms with Gasteiger partial charge in [0.2, 0.25) is 0 Å². The second-order valence-corrected chi connectivity index (χ2v) is 6.38. The molecule has 0 aliphatic carbocycles. The number of rotatable bonds is 4. The Morgan fingerprint density at radius 2 is 1.74 bits per heavy atom. The third-order valence-electron chi connectivity index (χ3n) is 3.49. The lowest BCUT2D eigenvalue weighted by atomic mass is 10.0. The van der Waals surface area contributed by atoms with Crippen LogP contribution < -0.4 is 5.32 Å². The molecule has 1 N–H and O–H groups in total. The van der Waals surface area contributed by atoms with Crippen LogP contribution in [-0.2, 0) is 0 Å². The van der Waals surface area contributed by atoms with Crippen molar-refractivity contribution in [1.29, 1.82) is 0 Å². The van der Waals surface area contributed by atoms with E-state index in [4.69, 9.17) is 0 Å². The zero-order chi connectivity index (χ0) is 14.0. The van der Waals surface area contributed by atoms with Gasteiger partial charge >= 0.3 is 0 Å². The molecule has 0 saturated heterocycles. The number of thiazole rings is 1. The molecule has 0 spiro atoms. The minimum atomic E-state index is 0.334. The predicted molar refractivity (Wildman–Crippen MR) is 82.7 cm³/mol. The molecule has 2 atom stereocenters. The number of hydrogen-bond acceptors (Lipinski definition) is 3. The van der Waals surface area contributed by atoms with Gasteiger partial charge in [0.25, 0.3) is 0 Å². The lowest BCUT2D eigenvalue weighted by Crippen LogP contribution is -2.22. The molecule has 2 aromatic rings. The summed E-state index contributed by atoms with van der Waals surface area (Å²) in [5.74, 6) is 0. The van der Waals surface area contributed by atoms with E-state index in [0.29, 0.717) is 12.1 Å². The van der Waals surface area contributed by atoms with Crippen LogP contribution in [0.15, 0.2) is 24.3 Å². The molecule has 19 heavy (non-hydrogen) atoms. The molecule has 0 bridgehead atoms. The summed E-state index contributed by atoms with van der Waals surface area (Å²) in [4.78, 5) is 5.85. The highest BCUT2D eigenvalue weighted by molar-refractivity contribution is 7.11. The van der Waals surface area contributed by atoms with E-state index < -0.39 is 0 Å². The van der Waals surface area contributed by atoms with Crippen molar-refractivity contribution in [2.24, 2.45) is 0 Å². The Labute approximate surface area is 119 Å². The molecule has 0 aliphatic heterocycles. The van der Waals surface area contributed by atoms with Crippen LogP contribution in [-0.4, -0.2) is 4.98 Å². The summed E-state index contributed by atoms with van der Waals surface area (Å²) in [6, 6.07) is 9.24. The van der Waals surface area contributed by atoms with Gasteiger partial charge in [-0.05, 0) is 45.7 Å². The van der Waals surface area contributed by atoms with Gasteiger partial charge in [0.15, 0.2) is 0 Å². The van der Waals surface area contributed by atoms with E-state index in [0.717, 1.165) is 10.7 Å². The van der Waals surface area contributed by atoms with Crippen LogP contribution in [0.3, 0.4) is 0 Å². The lowest BCUT2D eigenvalue weighted by molar-refractivity contribution is 0.496. The summed E-state index contributed by atoms with van der Waals surface area (Å²) in [7, 11) is 0. The number of hydrogen-bond donors (Lipinski definition) is 1. The van der Waals surface area contributed by atoms with Crippen LogP contribution in [0.5, 0.6) is 0 Å². The standard InChI is InChI=1S/C16H22N2S/c1-10-8-6-7-9-15(10)11(2)17-12(3)16-13(4)18-14(5)19-16/h6-9,11-12,17H,1-5H3/t11-,12?/m1/s1. The minimum Gasteiger partial charge on any atom is -0.303 e. The highest BCUT2D eigenvalue weighted by atomic mass is 32.1. The molecule has 0 amide bonds. The summed E-state index contributed by atoms with van der Waals surface area (Å²) < 4.78 is 0. The van der Waals surface area contributed by atoms with E-state index >= 15 is 0 Å². The summed E-state index contributed by atoms with van der Waals surface area (Å²) in [5.41, 5.74) is 3.86. The second-order valence-electron chi connectivity index (χ2n) is 5.15. The molecule has 1 aromatic carbocycles. The van der Waals surface area contributed by atoms with Gasteiger partial charge in [-0.2, -0.15) is 0 Å². The second kappa shape index (κ2) is 5.85. The molecule has 1 aromatic heterocycles. The maximum Gasteiger partial charge on any atom is 0.0900 e.